The fourth-order valence-corrected chi connectivity index (χ4v) is 0.845. The normalized spacial score (nSPS) is 9.13. The van der Waals surface area contributed by atoms with Crippen LogP contribution in [-0.2, 0) is 0 Å². The van der Waals surface area contributed by atoms with E-state index in [1.54, 1.807) is 0 Å². The van der Waals surface area contributed by atoms with Gasteiger partial charge in [-0.3, -0.25) is 0 Å². The van der Waals surface area contributed by atoms with Crippen molar-refractivity contribution in [3.63, 3.8) is 0 Å². The van der Waals surface area contributed by atoms with E-state index in [-0.39, 0.29) is 0 Å². The maximum absolute atomic E-state index is 4.05. The lowest BCUT2D eigenvalue weighted by molar-refractivity contribution is 0.403. The standard InChI is InChI=1S/C11H20N4/c1-5-12-9-11(2)14-10-13-7-6-8-15(3)4/h5-8H2,1-4H3. The van der Waals surface area contributed by atoms with Crippen LogP contribution in [0.5, 0.6) is 0 Å². The Hall–Kier alpha value is -1.21. The minimum absolute atomic E-state index is 0.716. The first-order chi connectivity index (χ1) is 7.16. The molecule has 0 aromatic rings. The van der Waals surface area contributed by atoms with E-state index < -0.39 is 0 Å². The lowest BCUT2D eigenvalue weighted by Gasteiger charge is -2.05. The molecule has 84 valence electrons. The summed E-state index contributed by atoms with van der Waals surface area (Å²) in [6.45, 7) is 6.32. The Morgan fingerprint density at radius 1 is 1.27 bits per heavy atom. The van der Waals surface area contributed by atoms with E-state index in [0.29, 0.717) is 5.70 Å². The lowest BCUT2D eigenvalue weighted by atomic mass is 10.4. The largest absolute Gasteiger partial charge is 0.309 e. The average molecular weight is 208 g/mol. The molecule has 15 heavy (non-hydrogen) atoms. The molecule has 0 saturated carbocycles. The molecular formula is C11H20N4. The van der Waals surface area contributed by atoms with Crippen molar-refractivity contribution in [3.8, 4) is 0 Å². The highest BCUT2D eigenvalue weighted by Gasteiger charge is 1.87. The second-order valence-corrected chi connectivity index (χ2v) is 3.42. The average Bonchev–Trinajstić information content (AvgIpc) is 2.19. The van der Waals surface area contributed by atoms with Gasteiger partial charge in [0, 0.05) is 12.4 Å². The third kappa shape index (κ3) is 10.7. The van der Waals surface area contributed by atoms with Crippen LogP contribution >= 0.6 is 0 Å². The molecule has 0 bridgehead atoms. The van der Waals surface area contributed by atoms with Crippen molar-refractivity contribution in [1.82, 2.24) is 4.90 Å². The van der Waals surface area contributed by atoms with Crippen LogP contribution in [0.4, 0.5) is 0 Å². The number of hydrogen-bond donors (Lipinski definition) is 0. The van der Waals surface area contributed by atoms with E-state index in [1.165, 1.54) is 0 Å². The van der Waals surface area contributed by atoms with Gasteiger partial charge in [-0.05, 0) is 40.9 Å². The Labute approximate surface area is 92.1 Å². The molecule has 0 N–H and O–H groups in total. The van der Waals surface area contributed by atoms with Crippen molar-refractivity contribution in [2.24, 2.45) is 15.0 Å². The molecule has 0 unspecified atom stereocenters. The highest BCUT2D eigenvalue weighted by molar-refractivity contribution is 5.60. The van der Waals surface area contributed by atoms with Crippen LogP contribution < -0.4 is 0 Å². The Morgan fingerprint density at radius 2 is 2.00 bits per heavy atom. The third-order valence-corrected chi connectivity index (χ3v) is 1.56. The molecule has 0 spiro atoms. The van der Waals surface area contributed by atoms with Crippen LogP contribution in [0.15, 0.2) is 20.7 Å². The first-order valence-electron chi connectivity index (χ1n) is 5.19. The summed E-state index contributed by atoms with van der Waals surface area (Å²) in [4.78, 5) is 14.1. The predicted octanol–water partition coefficient (Wildman–Crippen LogP) is 1.71. The number of rotatable bonds is 6. The number of aliphatic imine (C=N–C) groups is 3. The van der Waals surface area contributed by atoms with Gasteiger partial charge < -0.3 is 4.90 Å². The van der Waals surface area contributed by atoms with Gasteiger partial charge in [0.2, 0.25) is 0 Å². The van der Waals surface area contributed by atoms with E-state index >= 15 is 0 Å². The number of allylic oxidation sites excluding steroid dienone is 1. The minimum atomic E-state index is 0.716. The first kappa shape index (κ1) is 13.8. The predicted molar refractivity (Wildman–Crippen MR) is 65.1 cm³/mol. The Morgan fingerprint density at radius 3 is 2.60 bits per heavy atom. The first-order valence-corrected chi connectivity index (χ1v) is 5.19. The second-order valence-electron chi connectivity index (χ2n) is 3.42. The van der Waals surface area contributed by atoms with Gasteiger partial charge in [-0.25, -0.2) is 9.98 Å². The summed E-state index contributed by atoms with van der Waals surface area (Å²) >= 11 is 0. The summed E-state index contributed by atoms with van der Waals surface area (Å²) in [5, 5.41) is 0. The quantitative estimate of drug-likeness (QED) is 0.484. The van der Waals surface area contributed by atoms with E-state index in [2.05, 4.69) is 31.8 Å². The summed E-state index contributed by atoms with van der Waals surface area (Å²) in [6, 6.07) is 2.64. The summed E-state index contributed by atoms with van der Waals surface area (Å²) in [5.41, 5.74) is 0.716. The van der Waals surface area contributed by atoms with E-state index in [9.17, 15) is 0 Å². The maximum Gasteiger partial charge on any atom is 0.109 e. The van der Waals surface area contributed by atoms with Gasteiger partial charge in [-0.1, -0.05) is 0 Å². The Balaban J connectivity index is 3.85. The summed E-state index contributed by atoms with van der Waals surface area (Å²) in [6.07, 6.45) is 1.03. The maximum atomic E-state index is 4.05. The molecule has 0 amide bonds. The topological polar surface area (TPSA) is 40.3 Å². The van der Waals surface area contributed by atoms with Crippen molar-refractivity contribution < 1.29 is 0 Å². The van der Waals surface area contributed by atoms with Crippen molar-refractivity contribution >= 4 is 11.9 Å². The molecule has 0 radical (unpaired) electrons. The third-order valence-electron chi connectivity index (χ3n) is 1.56. The summed E-state index contributed by atoms with van der Waals surface area (Å²) < 4.78 is 0. The molecule has 0 rings (SSSR count). The number of hydrogen-bond acceptors (Lipinski definition) is 4. The molecule has 0 aliphatic heterocycles. The molecule has 0 aliphatic rings. The minimum Gasteiger partial charge on any atom is -0.309 e. The highest BCUT2D eigenvalue weighted by Crippen LogP contribution is 1.86. The second kappa shape index (κ2) is 9.35. The zero-order chi connectivity index (χ0) is 11.5. The highest BCUT2D eigenvalue weighted by atomic mass is 15.0. The van der Waals surface area contributed by atoms with Crippen LogP contribution in [0, 0.1) is 0 Å². The van der Waals surface area contributed by atoms with Crippen LogP contribution in [-0.4, -0.2) is 50.5 Å². The van der Waals surface area contributed by atoms with Crippen LogP contribution in [0.3, 0.4) is 0 Å². The molecule has 0 aromatic carbocycles. The van der Waals surface area contributed by atoms with Gasteiger partial charge in [0.15, 0.2) is 0 Å². The van der Waals surface area contributed by atoms with Crippen LogP contribution in [0.1, 0.15) is 20.3 Å². The smallest absolute Gasteiger partial charge is 0.109 e. The number of nitrogens with zero attached hydrogens (tertiary/aromatic N) is 4. The van der Waals surface area contributed by atoms with Gasteiger partial charge in [-0.15, -0.1) is 0 Å². The van der Waals surface area contributed by atoms with Crippen molar-refractivity contribution in [2.45, 2.75) is 20.3 Å². The SMILES string of the molecule is CCN=C=C(C)N=C=NCCCN(C)C. The summed E-state index contributed by atoms with van der Waals surface area (Å²) in [7, 11) is 4.10. The Bertz CT molecular complexity index is 279. The fraction of sp³-hybridized carbons (Fsp3) is 0.727. The molecule has 0 aromatic heterocycles. The van der Waals surface area contributed by atoms with Gasteiger partial charge in [0.1, 0.15) is 5.70 Å². The summed E-state index contributed by atoms with van der Waals surface area (Å²) in [5.74, 6) is 2.79. The zero-order valence-electron chi connectivity index (χ0n) is 10.1. The van der Waals surface area contributed by atoms with Gasteiger partial charge in [0.05, 0.1) is 12.6 Å². The molecular weight excluding hydrogens is 188 g/mol. The van der Waals surface area contributed by atoms with Gasteiger partial charge in [-0.2, -0.15) is 4.99 Å². The molecule has 4 nitrogen and oxygen atoms in total. The molecule has 0 saturated heterocycles. The van der Waals surface area contributed by atoms with Crippen LogP contribution in [0.25, 0.3) is 0 Å². The lowest BCUT2D eigenvalue weighted by Crippen LogP contribution is -2.13. The van der Waals surface area contributed by atoms with Gasteiger partial charge >= 0.3 is 0 Å². The molecule has 0 aliphatic carbocycles. The zero-order valence-corrected chi connectivity index (χ0v) is 10.1. The van der Waals surface area contributed by atoms with Crippen LogP contribution in [0.2, 0.25) is 0 Å². The fourth-order valence-electron chi connectivity index (χ4n) is 0.845. The molecule has 4 heteroatoms. The molecule has 0 fully saturated rings. The molecule has 0 heterocycles. The van der Waals surface area contributed by atoms with E-state index in [4.69, 9.17) is 0 Å². The van der Waals surface area contributed by atoms with Crippen molar-refractivity contribution in [2.75, 3.05) is 33.7 Å². The monoisotopic (exact) mass is 208 g/mol. The van der Waals surface area contributed by atoms with Crippen molar-refractivity contribution in [3.05, 3.63) is 5.70 Å². The molecule has 0 atom stereocenters. The van der Waals surface area contributed by atoms with E-state index in [0.717, 1.165) is 26.1 Å². The Kier molecular flexibility index (Phi) is 8.59. The van der Waals surface area contributed by atoms with E-state index in [1.807, 2.05) is 27.9 Å². The van der Waals surface area contributed by atoms with Crippen molar-refractivity contribution in [1.29, 1.82) is 0 Å². The van der Waals surface area contributed by atoms with Gasteiger partial charge in [0.25, 0.3) is 0 Å².